The number of rotatable bonds is 4. The van der Waals surface area contributed by atoms with Crippen molar-refractivity contribution in [3.63, 3.8) is 0 Å². The summed E-state index contributed by atoms with van der Waals surface area (Å²) >= 11 is 0. The van der Waals surface area contributed by atoms with Gasteiger partial charge in [0.05, 0.1) is 0 Å². The molecule has 92 valence electrons. The Morgan fingerprint density at radius 1 is 0.944 bits per heavy atom. The Bertz CT molecular complexity index is 483. The molecular formula is C15H15NO2. The Morgan fingerprint density at radius 2 is 1.33 bits per heavy atom. The fourth-order valence-corrected chi connectivity index (χ4v) is 2.13. The molecule has 0 aliphatic rings. The third-order valence-corrected chi connectivity index (χ3v) is 3.01. The third kappa shape index (κ3) is 1.89. The maximum absolute atomic E-state index is 12.0. The van der Waals surface area contributed by atoms with E-state index in [2.05, 4.69) is 0 Å². The van der Waals surface area contributed by atoms with E-state index in [1.807, 2.05) is 60.7 Å². The zero-order valence-electron chi connectivity index (χ0n) is 10.2. The predicted octanol–water partition coefficient (Wildman–Crippen LogP) is 2.06. The van der Waals surface area contributed by atoms with E-state index in [1.165, 1.54) is 7.11 Å². The summed E-state index contributed by atoms with van der Waals surface area (Å²) < 4.78 is 5.50. The third-order valence-electron chi connectivity index (χ3n) is 3.01. The molecule has 0 heterocycles. The van der Waals surface area contributed by atoms with Gasteiger partial charge in [-0.3, -0.25) is 4.79 Å². The zero-order chi connectivity index (χ0) is 13.0. The summed E-state index contributed by atoms with van der Waals surface area (Å²) in [7, 11) is 1.49. The second-order valence-corrected chi connectivity index (χ2v) is 3.98. The topological polar surface area (TPSA) is 52.3 Å². The molecule has 0 atom stereocenters. The molecule has 2 aromatic carbocycles. The van der Waals surface area contributed by atoms with E-state index in [0.29, 0.717) is 0 Å². The second-order valence-electron chi connectivity index (χ2n) is 3.98. The van der Waals surface area contributed by atoms with Crippen molar-refractivity contribution in [2.75, 3.05) is 7.11 Å². The van der Waals surface area contributed by atoms with Gasteiger partial charge in [0.2, 0.25) is 0 Å². The van der Waals surface area contributed by atoms with Crippen molar-refractivity contribution < 1.29 is 9.53 Å². The van der Waals surface area contributed by atoms with Gasteiger partial charge in [0, 0.05) is 7.11 Å². The van der Waals surface area contributed by atoms with Crippen molar-refractivity contribution in [2.45, 2.75) is 5.60 Å². The Morgan fingerprint density at radius 3 is 1.61 bits per heavy atom. The van der Waals surface area contributed by atoms with Crippen molar-refractivity contribution in [2.24, 2.45) is 5.73 Å². The minimum atomic E-state index is -1.23. The number of benzene rings is 2. The zero-order valence-corrected chi connectivity index (χ0v) is 10.2. The van der Waals surface area contributed by atoms with Crippen molar-refractivity contribution in [1.82, 2.24) is 0 Å². The molecule has 0 aliphatic carbocycles. The van der Waals surface area contributed by atoms with Crippen LogP contribution in [0.1, 0.15) is 11.1 Å². The van der Waals surface area contributed by atoms with Crippen LogP contribution in [0.15, 0.2) is 60.7 Å². The van der Waals surface area contributed by atoms with E-state index >= 15 is 0 Å². The van der Waals surface area contributed by atoms with Crippen LogP contribution in [0.3, 0.4) is 0 Å². The molecule has 0 radical (unpaired) electrons. The molecule has 0 aromatic heterocycles. The lowest BCUT2D eigenvalue weighted by atomic mass is 9.85. The SMILES string of the molecule is COC(C(N)=O)(c1ccccc1)c1ccccc1. The van der Waals surface area contributed by atoms with Crippen LogP contribution in [-0.4, -0.2) is 13.0 Å². The van der Waals surface area contributed by atoms with Crippen molar-refractivity contribution in [1.29, 1.82) is 0 Å². The Balaban J connectivity index is 2.65. The molecular weight excluding hydrogens is 226 g/mol. The van der Waals surface area contributed by atoms with Crippen LogP contribution < -0.4 is 5.73 Å². The summed E-state index contributed by atoms with van der Waals surface area (Å²) in [4.78, 5) is 12.0. The number of primary amides is 1. The van der Waals surface area contributed by atoms with Crippen molar-refractivity contribution in [3.05, 3.63) is 71.8 Å². The number of carbonyl (C=O) groups is 1. The maximum Gasteiger partial charge on any atom is 0.259 e. The van der Waals surface area contributed by atoms with Crippen molar-refractivity contribution in [3.8, 4) is 0 Å². The molecule has 2 rings (SSSR count). The number of hydrogen-bond donors (Lipinski definition) is 1. The van der Waals surface area contributed by atoms with Gasteiger partial charge < -0.3 is 10.5 Å². The highest BCUT2D eigenvalue weighted by Crippen LogP contribution is 2.32. The van der Waals surface area contributed by atoms with E-state index in [-0.39, 0.29) is 0 Å². The van der Waals surface area contributed by atoms with Gasteiger partial charge in [-0.1, -0.05) is 60.7 Å². The number of methoxy groups -OCH3 is 1. The molecule has 0 unspecified atom stereocenters. The molecule has 1 amide bonds. The first-order valence-corrected chi connectivity index (χ1v) is 5.68. The largest absolute Gasteiger partial charge is 0.367 e. The van der Waals surface area contributed by atoms with Crippen LogP contribution in [0.4, 0.5) is 0 Å². The van der Waals surface area contributed by atoms with Crippen LogP contribution in [0.2, 0.25) is 0 Å². The monoisotopic (exact) mass is 241 g/mol. The van der Waals surface area contributed by atoms with Crippen molar-refractivity contribution >= 4 is 5.91 Å². The van der Waals surface area contributed by atoms with Crippen LogP contribution in [0, 0.1) is 0 Å². The standard InChI is InChI=1S/C15H15NO2/c1-18-15(14(16)17,12-8-4-2-5-9-12)13-10-6-3-7-11-13/h2-11H,1H3,(H2,16,17). The fraction of sp³-hybridized carbons (Fsp3) is 0.133. The van der Waals surface area contributed by atoms with Crippen LogP contribution >= 0.6 is 0 Å². The molecule has 2 N–H and O–H groups in total. The molecule has 0 saturated carbocycles. The van der Waals surface area contributed by atoms with Gasteiger partial charge >= 0.3 is 0 Å². The lowest BCUT2D eigenvalue weighted by molar-refractivity contribution is -0.136. The molecule has 3 heteroatoms. The number of hydrogen-bond acceptors (Lipinski definition) is 2. The molecule has 0 saturated heterocycles. The Kier molecular flexibility index (Phi) is 3.44. The number of carbonyl (C=O) groups excluding carboxylic acids is 1. The lowest BCUT2D eigenvalue weighted by Gasteiger charge is -2.30. The predicted molar refractivity (Wildman–Crippen MR) is 69.9 cm³/mol. The van der Waals surface area contributed by atoms with E-state index in [9.17, 15) is 4.79 Å². The van der Waals surface area contributed by atoms with Crippen LogP contribution in [0.25, 0.3) is 0 Å². The minimum Gasteiger partial charge on any atom is -0.367 e. The summed E-state index contributed by atoms with van der Waals surface area (Å²) in [5.41, 5.74) is 5.80. The average molecular weight is 241 g/mol. The molecule has 18 heavy (non-hydrogen) atoms. The summed E-state index contributed by atoms with van der Waals surface area (Å²) in [6.45, 7) is 0. The summed E-state index contributed by atoms with van der Waals surface area (Å²) in [6, 6.07) is 18.5. The smallest absolute Gasteiger partial charge is 0.259 e. The Labute approximate surface area is 106 Å². The van der Waals surface area contributed by atoms with E-state index in [0.717, 1.165) is 11.1 Å². The van der Waals surface area contributed by atoms with Gasteiger partial charge in [-0.2, -0.15) is 0 Å². The summed E-state index contributed by atoms with van der Waals surface area (Å²) in [6.07, 6.45) is 0. The highest BCUT2D eigenvalue weighted by Gasteiger charge is 2.40. The van der Waals surface area contributed by atoms with E-state index in [4.69, 9.17) is 10.5 Å². The number of ether oxygens (including phenoxy) is 1. The molecule has 0 aliphatic heterocycles. The average Bonchev–Trinajstić information content (AvgIpc) is 2.42. The molecule has 2 aromatic rings. The number of amides is 1. The Hall–Kier alpha value is -2.13. The fourth-order valence-electron chi connectivity index (χ4n) is 2.13. The van der Waals surface area contributed by atoms with E-state index < -0.39 is 11.5 Å². The molecule has 3 nitrogen and oxygen atoms in total. The van der Waals surface area contributed by atoms with E-state index in [1.54, 1.807) is 0 Å². The van der Waals surface area contributed by atoms with Gasteiger partial charge in [-0.25, -0.2) is 0 Å². The maximum atomic E-state index is 12.0. The normalized spacial score (nSPS) is 11.2. The molecule has 0 fully saturated rings. The first-order chi connectivity index (χ1) is 8.71. The van der Waals surface area contributed by atoms with Crippen LogP contribution in [0.5, 0.6) is 0 Å². The minimum absolute atomic E-state index is 0.526. The lowest BCUT2D eigenvalue weighted by Crippen LogP contribution is -2.43. The summed E-state index contributed by atoms with van der Waals surface area (Å²) in [5, 5.41) is 0. The molecule has 0 spiro atoms. The van der Waals surface area contributed by atoms with Gasteiger partial charge in [-0.05, 0) is 11.1 Å². The highest BCUT2D eigenvalue weighted by molar-refractivity contribution is 5.89. The first-order valence-electron chi connectivity index (χ1n) is 5.68. The summed E-state index contributed by atoms with van der Waals surface area (Å²) in [5.74, 6) is -0.526. The van der Waals surface area contributed by atoms with Gasteiger partial charge in [0.1, 0.15) is 0 Å². The first kappa shape index (κ1) is 12.3. The quantitative estimate of drug-likeness (QED) is 0.890. The number of nitrogens with two attached hydrogens (primary N) is 1. The van der Waals surface area contributed by atoms with Gasteiger partial charge in [-0.15, -0.1) is 0 Å². The van der Waals surface area contributed by atoms with Gasteiger partial charge in [0.25, 0.3) is 5.91 Å². The second kappa shape index (κ2) is 5.02. The van der Waals surface area contributed by atoms with Gasteiger partial charge in [0.15, 0.2) is 5.60 Å². The highest BCUT2D eigenvalue weighted by atomic mass is 16.5. The molecule has 0 bridgehead atoms. The van der Waals surface area contributed by atoms with Crippen LogP contribution in [-0.2, 0) is 15.1 Å².